The number of benzene rings is 3. The maximum absolute atomic E-state index is 15.1. The number of carboxylic acids is 1. The first-order valence-electron chi connectivity index (χ1n) is 13.2. The molecule has 11 heteroatoms. The van der Waals surface area contributed by atoms with Crippen molar-refractivity contribution < 1.29 is 28.7 Å². The molecule has 0 radical (unpaired) electrons. The zero-order valence-electron chi connectivity index (χ0n) is 22.4. The van der Waals surface area contributed by atoms with Crippen LogP contribution in [0.15, 0.2) is 66.7 Å². The number of hydrogen-bond donors (Lipinski definition) is 4. The van der Waals surface area contributed by atoms with Crippen LogP contribution < -0.4 is 16.1 Å². The molecule has 2 aliphatic heterocycles. The number of carbonyl (C=O) groups excluding carboxylic acids is 2. The van der Waals surface area contributed by atoms with E-state index in [1.165, 1.54) is 30.3 Å². The minimum Gasteiger partial charge on any atom is -0.478 e. The van der Waals surface area contributed by atoms with E-state index in [9.17, 15) is 19.5 Å². The average Bonchev–Trinajstić information content (AvgIpc) is 3.30. The summed E-state index contributed by atoms with van der Waals surface area (Å²) in [4.78, 5) is 46.8. The molecule has 0 unspecified atom stereocenters. The molecule has 3 aromatic rings. The number of hydrogen-bond acceptors (Lipinski definition) is 7. The summed E-state index contributed by atoms with van der Waals surface area (Å²) in [7, 11) is 2.07. The van der Waals surface area contributed by atoms with Gasteiger partial charge in [-0.15, -0.1) is 0 Å². The van der Waals surface area contributed by atoms with E-state index >= 15 is 4.39 Å². The third kappa shape index (κ3) is 6.43. The lowest BCUT2D eigenvalue weighted by atomic mass is 9.99. The number of hydroxylamine groups is 1. The van der Waals surface area contributed by atoms with Gasteiger partial charge in [-0.25, -0.2) is 14.7 Å². The summed E-state index contributed by atoms with van der Waals surface area (Å²) in [6.45, 7) is 4.74. The summed E-state index contributed by atoms with van der Waals surface area (Å²) in [6, 6.07) is 17.4. The zero-order valence-corrected chi connectivity index (χ0v) is 22.4. The number of likely N-dealkylation sites (N-methyl/N-ethyl adjacent to an activating group) is 1. The Morgan fingerprint density at radius 3 is 2.46 bits per heavy atom. The van der Waals surface area contributed by atoms with Crippen molar-refractivity contribution in [3.05, 3.63) is 94.8 Å². The fraction of sp³-hybridized carbons (Fsp3) is 0.233. The van der Waals surface area contributed by atoms with E-state index in [4.69, 9.17) is 4.84 Å². The number of rotatable bonds is 9. The number of nitrogens with zero attached hydrogens (tertiary/aromatic N) is 2. The van der Waals surface area contributed by atoms with Gasteiger partial charge in [0.1, 0.15) is 5.82 Å². The van der Waals surface area contributed by atoms with E-state index in [0.717, 1.165) is 26.2 Å². The third-order valence-corrected chi connectivity index (χ3v) is 7.08. The number of halogens is 1. The number of piperazine rings is 1. The zero-order chi connectivity index (χ0) is 28.9. The Balaban J connectivity index is 1.33. The van der Waals surface area contributed by atoms with Crippen LogP contribution in [0.4, 0.5) is 15.8 Å². The monoisotopic (exact) mass is 559 g/mol. The lowest BCUT2D eigenvalue weighted by molar-refractivity contribution is -0.110. The van der Waals surface area contributed by atoms with E-state index in [0.29, 0.717) is 34.7 Å². The molecule has 212 valence electrons. The number of nitrogens with one attached hydrogen (secondary N) is 3. The van der Waals surface area contributed by atoms with Gasteiger partial charge in [-0.1, -0.05) is 36.4 Å². The van der Waals surface area contributed by atoms with Crippen LogP contribution in [-0.4, -0.2) is 79.1 Å². The smallest absolute Gasteiger partial charge is 0.335 e. The van der Waals surface area contributed by atoms with Crippen LogP contribution in [0.5, 0.6) is 0 Å². The minimum absolute atomic E-state index is 0.0405. The molecule has 0 atom stereocenters. The van der Waals surface area contributed by atoms with Gasteiger partial charge in [0.15, 0.2) is 0 Å². The normalized spacial score (nSPS) is 16.6. The molecule has 41 heavy (non-hydrogen) atoms. The highest BCUT2D eigenvalue weighted by atomic mass is 19.1. The van der Waals surface area contributed by atoms with Gasteiger partial charge < -0.3 is 20.6 Å². The topological polar surface area (TPSA) is 123 Å². The van der Waals surface area contributed by atoms with Crippen molar-refractivity contribution in [2.45, 2.75) is 0 Å². The number of amides is 2. The molecule has 5 rings (SSSR count). The number of aromatic carboxylic acids is 1. The highest BCUT2D eigenvalue weighted by Gasteiger charge is 2.29. The molecule has 0 aromatic heterocycles. The third-order valence-electron chi connectivity index (χ3n) is 7.08. The molecule has 0 bridgehead atoms. The standard InChI is InChI=1S/C30H30FN5O5/c1-35-11-13-36(14-12-35)15-16-41-34-28(37)22-10-8-21(18-24(22)31)32-27(19-5-3-2-4-6-19)26-23-9-7-20(30(39)40)17-25(23)33-29(26)38/h2-10,17-18,32H,11-16H2,1H3,(H,33,38)(H,34,37)(H,39,40)/b27-26-. The van der Waals surface area contributed by atoms with E-state index in [-0.39, 0.29) is 23.3 Å². The predicted octanol–water partition coefficient (Wildman–Crippen LogP) is 3.37. The van der Waals surface area contributed by atoms with Gasteiger partial charge in [0.05, 0.1) is 34.7 Å². The van der Waals surface area contributed by atoms with Crippen molar-refractivity contribution >= 4 is 40.4 Å². The minimum atomic E-state index is -1.11. The first-order chi connectivity index (χ1) is 19.8. The van der Waals surface area contributed by atoms with Crippen molar-refractivity contribution in [3.63, 3.8) is 0 Å². The lowest BCUT2D eigenvalue weighted by Gasteiger charge is -2.32. The van der Waals surface area contributed by atoms with Gasteiger partial charge in [0.25, 0.3) is 11.8 Å². The highest BCUT2D eigenvalue weighted by Crippen LogP contribution is 2.38. The molecule has 2 amide bonds. The Morgan fingerprint density at radius 2 is 1.76 bits per heavy atom. The number of fused-ring (bicyclic) bond motifs is 1. The molecule has 4 N–H and O–H groups in total. The predicted molar refractivity (Wildman–Crippen MR) is 153 cm³/mol. The summed E-state index contributed by atoms with van der Waals surface area (Å²) in [5.41, 5.74) is 4.68. The van der Waals surface area contributed by atoms with Gasteiger partial charge >= 0.3 is 5.97 Å². The molecule has 0 saturated carbocycles. The van der Waals surface area contributed by atoms with Crippen LogP contribution in [0.25, 0.3) is 11.3 Å². The summed E-state index contributed by atoms with van der Waals surface area (Å²) >= 11 is 0. The Hall–Kier alpha value is -4.58. The number of carboxylic acid groups (broad SMARTS) is 1. The molecule has 2 aliphatic rings. The van der Waals surface area contributed by atoms with Crippen molar-refractivity contribution in [1.82, 2.24) is 15.3 Å². The Labute approximate surface area is 236 Å². The van der Waals surface area contributed by atoms with Crippen LogP contribution in [0.1, 0.15) is 31.8 Å². The summed E-state index contributed by atoms with van der Waals surface area (Å²) in [5, 5.41) is 15.2. The van der Waals surface area contributed by atoms with Crippen LogP contribution >= 0.6 is 0 Å². The molecule has 0 spiro atoms. The quantitative estimate of drug-likeness (QED) is 0.179. The van der Waals surface area contributed by atoms with Crippen molar-refractivity contribution in [2.75, 3.05) is 57.0 Å². The van der Waals surface area contributed by atoms with E-state index in [1.54, 1.807) is 30.3 Å². The van der Waals surface area contributed by atoms with Gasteiger partial charge in [0.2, 0.25) is 0 Å². The van der Waals surface area contributed by atoms with Gasteiger partial charge in [0, 0.05) is 44.0 Å². The van der Waals surface area contributed by atoms with Crippen LogP contribution in [0.3, 0.4) is 0 Å². The Kier molecular flexibility index (Phi) is 8.39. The van der Waals surface area contributed by atoms with Gasteiger partial charge in [-0.05, 0) is 42.9 Å². The summed E-state index contributed by atoms with van der Waals surface area (Å²) in [5.74, 6) is -3.01. The number of carbonyl (C=O) groups is 3. The molecular formula is C30H30FN5O5. The van der Waals surface area contributed by atoms with Crippen molar-refractivity contribution in [2.24, 2.45) is 0 Å². The SMILES string of the molecule is CN1CCN(CCONC(=O)c2ccc(N/C(=C3\C(=O)Nc4cc(C(=O)O)ccc43)c3ccccc3)cc2F)CC1. The van der Waals surface area contributed by atoms with Crippen LogP contribution in [0, 0.1) is 5.82 Å². The summed E-state index contributed by atoms with van der Waals surface area (Å²) < 4.78 is 15.1. The summed E-state index contributed by atoms with van der Waals surface area (Å²) in [6.07, 6.45) is 0. The molecule has 3 aromatic carbocycles. The second kappa shape index (κ2) is 12.3. The molecule has 1 fully saturated rings. The van der Waals surface area contributed by atoms with Gasteiger partial charge in [-0.2, -0.15) is 0 Å². The highest BCUT2D eigenvalue weighted by molar-refractivity contribution is 6.37. The van der Waals surface area contributed by atoms with Crippen molar-refractivity contribution in [3.8, 4) is 0 Å². The second-order valence-corrected chi connectivity index (χ2v) is 9.88. The first-order valence-corrected chi connectivity index (χ1v) is 13.2. The maximum atomic E-state index is 15.1. The maximum Gasteiger partial charge on any atom is 0.335 e. The van der Waals surface area contributed by atoms with Crippen LogP contribution in [-0.2, 0) is 9.63 Å². The van der Waals surface area contributed by atoms with Crippen LogP contribution in [0.2, 0.25) is 0 Å². The molecule has 10 nitrogen and oxygen atoms in total. The Bertz CT molecular complexity index is 1500. The van der Waals surface area contributed by atoms with E-state index < -0.39 is 23.6 Å². The number of anilines is 2. The average molecular weight is 560 g/mol. The fourth-order valence-corrected chi connectivity index (χ4v) is 4.78. The van der Waals surface area contributed by atoms with E-state index in [2.05, 4.69) is 33.0 Å². The van der Waals surface area contributed by atoms with E-state index in [1.807, 2.05) is 6.07 Å². The van der Waals surface area contributed by atoms with Crippen molar-refractivity contribution in [1.29, 1.82) is 0 Å². The largest absolute Gasteiger partial charge is 0.478 e. The molecule has 2 heterocycles. The second-order valence-electron chi connectivity index (χ2n) is 9.88. The van der Waals surface area contributed by atoms with Gasteiger partial charge in [-0.3, -0.25) is 19.3 Å². The fourth-order valence-electron chi connectivity index (χ4n) is 4.78. The molecule has 0 aliphatic carbocycles. The Morgan fingerprint density at radius 1 is 1.00 bits per heavy atom. The molecular weight excluding hydrogens is 529 g/mol. The molecule has 1 saturated heterocycles. The lowest BCUT2D eigenvalue weighted by Crippen LogP contribution is -2.45. The first kappa shape index (κ1) is 28.0.